The number of esters is 1. The summed E-state index contributed by atoms with van der Waals surface area (Å²) in [7, 11) is 1.69. The minimum absolute atomic E-state index is 0.0461. The molecule has 1 saturated carbocycles. The molecule has 4 nitrogen and oxygen atoms in total. The Bertz CT molecular complexity index is 267. The van der Waals surface area contributed by atoms with E-state index in [0.717, 1.165) is 32.1 Å². The minimum atomic E-state index is -1.33. The van der Waals surface area contributed by atoms with Gasteiger partial charge in [0.1, 0.15) is 0 Å². The summed E-state index contributed by atoms with van der Waals surface area (Å²) >= 11 is 0. The number of aliphatic hydroxyl groups is 1. The molecule has 0 bridgehead atoms. The first kappa shape index (κ1) is 15.4. The summed E-state index contributed by atoms with van der Waals surface area (Å²) < 4.78 is 10.4. The predicted octanol–water partition coefficient (Wildman–Crippen LogP) is 2.29. The van der Waals surface area contributed by atoms with Gasteiger partial charge in [0.15, 0.2) is 5.60 Å². The number of hydrogen-bond donors (Lipinski definition) is 1. The van der Waals surface area contributed by atoms with Crippen LogP contribution in [0.5, 0.6) is 0 Å². The molecule has 1 rings (SSSR count). The standard InChI is InChI=1S/C14H26O4/c1-4-9-14(16,13(15)18-5-2)11-7-6-8-12(10-11)17-3/h11-12,16H,4-10H2,1-3H3. The van der Waals surface area contributed by atoms with Crippen molar-refractivity contribution >= 4 is 5.97 Å². The Morgan fingerprint density at radius 2 is 2.11 bits per heavy atom. The summed E-state index contributed by atoms with van der Waals surface area (Å²) in [6.45, 7) is 4.05. The molecule has 1 aliphatic carbocycles. The molecule has 0 amide bonds. The van der Waals surface area contributed by atoms with Crippen molar-refractivity contribution in [2.45, 2.75) is 64.1 Å². The van der Waals surface area contributed by atoms with E-state index in [9.17, 15) is 9.90 Å². The van der Waals surface area contributed by atoms with Gasteiger partial charge in [0, 0.05) is 13.0 Å². The third-order valence-electron chi connectivity index (χ3n) is 3.89. The molecule has 0 heterocycles. The van der Waals surface area contributed by atoms with Crippen LogP contribution in [0.1, 0.15) is 52.4 Å². The van der Waals surface area contributed by atoms with Crippen LogP contribution in [0.25, 0.3) is 0 Å². The van der Waals surface area contributed by atoms with E-state index in [-0.39, 0.29) is 12.0 Å². The largest absolute Gasteiger partial charge is 0.464 e. The maximum Gasteiger partial charge on any atom is 0.338 e. The van der Waals surface area contributed by atoms with Crippen molar-refractivity contribution in [1.82, 2.24) is 0 Å². The zero-order valence-electron chi connectivity index (χ0n) is 11.8. The van der Waals surface area contributed by atoms with E-state index in [1.807, 2.05) is 6.92 Å². The average Bonchev–Trinajstić information content (AvgIpc) is 2.39. The molecule has 1 N–H and O–H groups in total. The van der Waals surface area contributed by atoms with Crippen LogP contribution in [0.15, 0.2) is 0 Å². The van der Waals surface area contributed by atoms with Crippen LogP contribution in [-0.2, 0) is 14.3 Å². The SMILES string of the molecule is CCCC(O)(C(=O)OCC)C1CCCC(OC)C1. The first-order valence-electron chi connectivity index (χ1n) is 7.00. The maximum atomic E-state index is 12.0. The summed E-state index contributed by atoms with van der Waals surface area (Å²) in [4.78, 5) is 12.0. The van der Waals surface area contributed by atoms with Crippen LogP contribution in [0.3, 0.4) is 0 Å². The monoisotopic (exact) mass is 258 g/mol. The smallest absolute Gasteiger partial charge is 0.338 e. The zero-order valence-corrected chi connectivity index (χ0v) is 11.8. The summed E-state index contributed by atoms with van der Waals surface area (Å²) in [6, 6.07) is 0. The minimum Gasteiger partial charge on any atom is -0.464 e. The highest BCUT2D eigenvalue weighted by Crippen LogP contribution is 2.37. The summed E-state index contributed by atoms with van der Waals surface area (Å²) in [6.07, 6.45) is 5.01. The Morgan fingerprint density at radius 3 is 2.67 bits per heavy atom. The van der Waals surface area contributed by atoms with Crippen LogP contribution in [0, 0.1) is 5.92 Å². The average molecular weight is 258 g/mol. The number of hydrogen-bond acceptors (Lipinski definition) is 4. The van der Waals surface area contributed by atoms with Crippen molar-refractivity contribution in [2.75, 3.05) is 13.7 Å². The highest BCUT2D eigenvalue weighted by Gasteiger charge is 2.46. The zero-order chi connectivity index (χ0) is 13.6. The third kappa shape index (κ3) is 3.45. The molecule has 3 unspecified atom stereocenters. The lowest BCUT2D eigenvalue weighted by atomic mass is 9.74. The molecular formula is C14H26O4. The number of ether oxygens (including phenoxy) is 2. The van der Waals surface area contributed by atoms with Crippen molar-refractivity contribution in [1.29, 1.82) is 0 Å². The second-order valence-corrected chi connectivity index (χ2v) is 5.12. The fourth-order valence-electron chi connectivity index (χ4n) is 2.90. The van der Waals surface area contributed by atoms with Gasteiger partial charge in [0.2, 0.25) is 0 Å². The maximum absolute atomic E-state index is 12.0. The summed E-state index contributed by atoms with van der Waals surface area (Å²) in [5.41, 5.74) is -1.33. The lowest BCUT2D eigenvalue weighted by molar-refractivity contribution is -0.176. The Hall–Kier alpha value is -0.610. The molecule has 0 aromatic carbocycles. The molecule has 0 aromatic rings. The fourth-order valence-corrected chi connectivity index (χ4v) is 2.90. The van der Waals surface area contributed by atoms with Crippen LogP contribution in [0.2, 0.25) is 0 Å². The Labute approximate surface area is 110 Å². The molecule has 0 aliphatic heterocycles. The van der Waals surface area contributed by atoms with Gasteiger partial charge >= 0.3 is 5.97 Å². The number of carbonyl (C=O) groups is 1. The van der Waals surface area contributed by atoms with Gasteiger partial charge in [-0.1, -0.05) is 19.8 Å². The number of carbonyl (C=O) groups excluding carboxylic acids is 1. The normalized spacial score (nSPS) is 27.6. The van der Waals surface area contributed by atoms with Crippen molar-refractivity contribution < 1.29 is 19.4 Å². The lowest BCUT2D eigenvalue weighted by Crippen LogP contribution is -2.49. The van der Waals surface area contributed by atoms with Crippen LogP contribution in [0.4, 0.5) is 0 Å². The highest BCUT2D eigenvalue weighted by atomic mass is 16.5. The van der Waals surface area contributed by atoms with E-state index in [1.54, 1.807) is 14.0 Å². The first-order chi connectivity index (χ1) is 8.58. The molecule has 0 radical (unpaired) electrons. The van der Waals surface area contributed by atoms with Crippen molar-refractivity contribution in [3.8, 4) is 0 Å². The molecule has 1 aliphatic rings. The summed E-state index contributed by atoms with van der Waals surface area (Å²) in [5, 5.41) is 10.7. The quantitative estimate of drug-likeness (QED) is 0.743. The van der Waals surface area contributed by atoms with Crippen molar-refractivity contribution in [2.24, 2.45) is 5.92 Å². The predicted molar refractivity (Wildman–Crippen MR) is 69.2 cm³/mol. The molecule has 18 heavy (non-hydrogen) atoms. The Balaban J connectivity index is 2.78. The molecule has 0 aromatic heterocycles. The molecule has 3 atom stereocenters. The topological polar surface area (TPSA) is 55.8 Å². The first-order valence-corrected chi connectivity index (χ1v) is 7.00. The molecular weight excluding hydrogens is 232 g/mol. The molecule has 1 fully saturated rings. The summed E-state index contributed by atoms with van der Waals surface area (Å²) in [5.74, 6) is -0.510. The Morgan fingerprint density at radius 1 is 1.39 bits per heavy atom. The van der Waals surface area contributed by atoms with Gasteiger partial charge in [-0.2, -0.15) is 0 Å². The highest BCUT2D eigenvalue weighted by molar-refractivity contribution is 5.79. The van der Waals surface area contributed by atoms with Gasteiger partial charge in [0.25, 0.3) is 0 Å². The van der Waals surface area contributed by atoms with Gasteiger partial charge in [0.05, 0.1) is 12.7 Å². The van der Waals surface area contributed by atoms with Gasteiger partial charge in [-0.25, -0.2) is 4.79 Å². The lowest BCUT2D eigenvalue weighted by Gasteiger charge is -2.38. The van der Waals surface area contributed by atoms with E-state index in [0.29, 0.717) is 13.0 Å². The van der Waals surface area contributed by atoms with Gasteiger partial charge in [-0.3, -0.25) is 0 Å². The van der Waals surface area contributed by atoms with Crippen LogP contribution in [-0.4, -0.2) is 36.5 Å². The van der Waals surface area contributed by atoms with Crippen LogP contribution < -0.4 is 0 Å². The molecule has 106 valence electrons. The Kier molecular flexibility index (Phi) is 6.09. The van der Waals surface area contributed by atoms with Crippen LogP contribution >= 0.6 is 0 Å². The molecule has 0 spiro atoms. The third-order valence-corrected chi connectivity index (χ3v) is 3.89. The van der Waals surface area contributed by atoms with E-state index in [2.05, 4.69) is 0 Å². The number of rotatable bonds is 6. The van der Waals surface area contributed by atoms with Gasteiger partial charge in [-0.05, 0) is 32.6 Å². The van der Waals surface area contributed by atoms with Crippen molar-refractivity contribution in [3.63, 3.8) is 0 Å². The fraction of sp³-hybridized carbons (Fsp3) is 0.929. The van der Waals surface area contributed by atoms with Gasteiger partial charge < -0.3 is 14.6 Å². The number of methoxy groups -OCH3 is 1. The van der Waals surface area contributed by atoms with E-state index < -0.39 is 11.6 Å². The molecule has 4 heteroatoms. The van der Waals surface area contributed by atoms with Crippen molar-refractivity contribution in [3.05, 3.63) is 0 Å². The second kappa shape index (κ2) is 7.10. The molecule has 0 saturated heterocycles. The van der Waals surface area contributed by atoms with E-state index in [1.165, 1.54) is 0 Å². The van der Waals surface area contributed by atoms with E-state index in [4.69, 9.17) is 9.47 Å². The second-order valence-electron chi connectivity index (χ2n) is 5.12. The van der Waals surface area contributed by atoms with E-state index >= 15 is 0 Å². The van der Waals surface area contributed by atoms with Gasteiger partial charge in [-0.15, -0.1) is 0 Å².